The van der Waals surface area contributed by atoms with E-state index in [2.05, 4.69) is 52.2 Å². The molecule has 0 unspecified atom stereocenters. The third-order valence-electron chi connectivity index (χ3n) is 22.2. The van der Waals surface area contributed by atoms with Crippen LogP contribution in [-0.2, 0) is 66.3 Å². The van der Waals surface area contributed by atoms with Crippen molar-refractivity contribution in [3.63, 3.8) is 0 Å². The Labute approximate surface area is 676 Å². The Morgan fingerprint density at radius 2 is 0.618 bits per heavy atom. The molecule has 1 aliphatic rings. The molecule has 0 saturated carbocycles. The number of aliphatic hydroxyl groups is 1. The highest BCUT2D eigenvalue weighted by Crippen LogP contribution is 2.31. The van der Waals surface area contributed by atoms with Gasteiger partial charge in [-0.15, -0.1) is 0 Å². The van der Waals surface area contributed by atoms with E-state index in [0.717, 1.165) is 141 Å². The molecule has 646 valence electrons. The van der Waals surface area contributed by atoms with Gasteiger partial charge < -0.3 is 44.2 Å². The Kier molecular flexibility index (Phi) is 75.8. The molecule has 0 aromatic carbocycles. The lowest BCUT2D eigenvalue weighted by molar-refractivity contribution is -0.268. The molecule has 1 aliphatic heterocycles. The van der Waals surface area contributed by atoms with Crippen molar-refractivity contribution in [3.8, 4) is 0 Å². The van der Waals surface area contributed by atoms with Crippen LogP contribution in [0.3, 0.4) is 0 Å². The van der Waals surface area contributed by atoms with Crippen molar-refractivity contribution in [2.75, 3.05) is 19.8 Å². The summed E-state index contributed by atoms with van der Waals surface area (Å²) in [4.78, 5) is 84.3. The summed E-state index contributed by atoms with van der Waals surface area (Å²) in [7, 11) is -0.813. The second kappa shape index (κ2) is 79.6. The average molecular weight is 1580 g/mol. The lowest BCUT2D eigenvalue weighted by Gasteiger charge is -2.44. The van der Waals surface area contributed by atoms with Gasteiger partial charge in [0.05, 0.1) is 32.5 Å². The van der Waals surface area contributed by atoms with Gasteiger partial charge in [0.25, 0.3) is 0 Å². The number of carbonyl (C=O) groups excluding carboxylic acids is 6. The minimum absolute atomic E-state index is 0.0227. The Morgan fingerprint density at radius 1 is 0.345 bits per heavy atom. The van der Waals surface area contributed by atoms with E-state index in [-0.39, 0.29) is 69.1 Å². The molecule has 110 heavy (non-hydrogen) atoms. The van der Waals surface area contributed by atoms with Crippen LogP contribution >= 0.6 is 8.69 Å². The zero-order valence-corrected chi connectivity index (χ0v) is 73.0. The van der Waals surface area contributed by atoms with Gasteiger partial charge in [-0.3, -0.25) is 33.3 Å². The lowest BCUT2D eigenvalue weighted by Crippen LogP contribution is -2.66. The molecule has 3 N–H and O–H groups in total. The minimum Gasteiger partial charge on any atom is -0.462 e. The van der Waals surface area contributed by atoms with Crippen LogP contribution in [0.2, 0.25) is 0 Å². The predicted molar refractivity (Wildman–Crippen MR) is 451 cm³/mol. The van der Waals surface area contributed by atoms with Crippen LogP contribution in [0, 0.1) is 0 Å². The van der Waals surface area contributed by atoms with Crippen LogP contribution in [0.25, 0.3) is 0 Å². The largest absolute Gasteiger partial charge is 0.462 e. The molecule has 18 heteroatoms. The summed E-state index contributed by atoms with van der Waals surface area (Å²) in [5.74, 6) is -2.67. The van der Waals surface area contributed by atoms with Crippen LogP contribution in [0.4, 0.5) is 0 Å². The van der Waals surface area contributed by atoms with Crippen molar-refractivity contribution in [3.05, 3.63) is 0 Å². The van der Waals surface area contributed by atoms with E-state index < -0.39 is 76.1 Å². The summed E-state index contributed by atoms with van der Waals surface area (Å²) in [5.41, 5.74) is 0. The molecule has 1 rings (SSSR count). The van der Waals surface area contributed by atoms with Gasteiger partial charge in [0, 0.05) is 25.8 Å². The van der Waals surface area contributed by atoms with Crippen molar-refractivity contribution < 1.29 is 71.4 Å². The Balaban J connectivity index is 3.59. The summed E-state index contributed by atoms with van der Waals surface area (Å²) in [5, 5.41) is 17.0. The first-order chi connectivity index (χ1) is 53.9. The first-order valence-electron chi connectivity index (χ1n) is 47.1. The van der Waals surface area contributed by atoms with Gasteiger partial charge in [-0.25, -0.2) is 4.57 Å². The normalized spacial score (nSPS) is 16.6. The van der Waals surface area contributed by atoms with Gasteiger partial charge in [0.15, 0.2) is 12.4 Å². The number of hydrogen-bond acceptors (Lipinski definition) is 15. The highest BCUT2D eigenvalue weighted by Gasteiger charge is 2.51. The van der Waals surface area contributed by atoms with Crippen LogP contribution in [0.5, 0.6) is 0 Å². The number of ether oxygens (including phenoxy) is 6. The fourth-order valence-electron chi connectivity index (χ4n) is 15.3. The van der Waals surface area contributed by atoms with Crippen molar-refractivity contribution in [2.45, 2.75) is 534 Å². The molecule has 0 aromatic rings. The number of aliphatic hydroxyl groups excluding tert-OH is 1. The lowest BCUT2D eigenvalue weighted by atomic mass is 9.96. The zero-order chi connectivity index (χ0) is 80.1. The topological polar surface area (TPSA) is 228 Å². The summed E-state index contributed by atoms with van der Waals surface area (Å²) >= 11 is 0. The molecular weight excluding hydrogens is 1400 g/mol. The first kappa shape index (κ1) is 105. The maximum absolute atomic E-state index is 14.9. The zero-order valence-electron chi connectivity index (χ0n) is 72.1. The molecule has 0 radical (unpaired) electrons. The van der Waals surface area contributed by atoms with Gasteiger partial charge in [0.2, 0.25) is 11.8 Å². The third-order valence-corrected chi connectivity index (χ3v) is 22.6. The average Bonchev–Trinajstić information content (AvgIpc) is 0.787. The SMILES string of the molecule is CCCCCCCCCCCCCC(=O)O[C@H](CCCCCCCCCCC)CC(=O)NCCO[C@@H]1O[C@H](CO)[C@@H](OP=O)[C@H](OC(=O)C[C@@H](CCCCCCCCCCC)OC(=O)CCCCCCCCCCCCC)[C@H]1NC(=O)C[C@@H](CCCCCCCCCCC)OC(=O)CCCCCCCCCCCCC. The molecule has 0 aromatic heterocycles. The van der Waals surface area contributed by atoms with E-state index in [9.17, 15) is 38.4 Å². The van der Waals surface area contributed by atoms with E-state index in [4.69, 9.17) is 32.9 Å². The van der Waals surface area contributed by atoms with Crippen LogP contribution in [0.15, 0.2) is 0 Å². The number of hydrogen-bond donors (Lipinski definition) is 3. The number of carbonyl (C=O) groups is 6. The van der Waals surface area contributed by atoms with Gasteiger partial charge in [-0.2, -0.15) is 0 Å². The fraction of sp³-hybridized carbons (Fsp3) is 0.935. The highest BCUT2D eigenvalue weighted by molar-refractivity contribution is 7.17. The maximum atomic E-state index is 14.9. The number of amides is 2. The van der Waals surface area contributed by atoms with Gasteiger partial charge in [-0.1, -0.05) is 388 Å². The number of esters is 4. The summed E-state index contributed by atoms with van der Waals surface area (Å²) < 4.78 is 56.0. The van der Waals surface area contributed by atoms with E-state index in [1.165, 1.54) is 231 Å². The van der Waals surface area contributed by atoms with Gasteiger partial charge >= 0.3 is 32.6 Å². The van der Waals surface area contributed by atoms with E-state index >= 15 is 0 Å². The highest BCUT2D eigenvalue weighted by atomic mass is 31.1. The second-order valence-electron chi connectivity index (χ2n) is 32.8. The van der Waals surface area contributed by atoms with Crippen LogP contribution in [-0.4, -0.2) is 110 Å². The standard InChI is InChI=1S/C92H173N2O15P/c1-7-13-19-25-31-37-40-46-52-58-64-70-85(98)104-79(67-61-55-49-43-34-28-22-16-10-4)75-83(96)93-73-74-103-92-89(94-84(97)76-80(68-62-56-50-44-35-29-23-17-11-5)105-86(99)71-65-59-53-47-41-38-32-26-20-14-8-2)91(90(109-110-102)82(78-95)107-92)108-88(101)77-81(69-63-57-51-45-36-30-24-18-12-6)106-87(100)72-66-60-54-48-42-39-33-27-21-15-9-3/h79-82,89-92,95H,7-78H2,1-6H3,(H,93,96)(H,94,97)/t79-,80-,81-,82-,89-,90-,91-,92-/m1/s1. The van der Waals surface area contributed by atoms with Crippen molar-refractivity contribution in [2.24, 2.45) is 0 Å². The Morgan fingerprint density at radius 3 is 0.909 bits per heavy atom. The van der Waals surface area contributed by atoms with E-state index in [0.29, 0.717) is 38.5 Å². The molecule has 2 amide bonds. The molecule has 8 atom stereocenters. The maximum Gasteiger partial charge on any atom is 0.327 e. The first-order valence-corrected chi connectivity index (χ1v) is 47.8. The molecule has 1 fully saturated rings. The molecule has 0 bridgehead atoms. The van der Waals surface area contributed by atoms with E-state index in [1.807, 2.05) is 0 Å². The van der Waals surface area contributed by atoms with Crippen molar-refractivity contribution in [1.82, 2.24) is 10.6 Å². The summed E-state index contributed by atoms with van der Waals surface area (Å²) in [6, 6.07) is -1.35. The van der Waals surface area contributed by atoms with Crippen molar-refractivity contribution >= 4 is 44.4 Å². The van der Waals surface area contributed by atoms with Crippen LogP contribution < -0.4 is 10.6 Å². The summed E-state index contributed by atoms with van der Waals surface area (Å²) in [6.45, 7) is 12.5. The monoisotopic (exact) mass is 1580 g/mol. The number of rotatable bonds is 84. The quantitative estimate of drug-likeness (QED) is 0.0223. The third kappa shape index (κ3) is 64.0. The molecule has 1 saturated heterocycles. The molecule has 0 aliphatic carbocycles. The second-order valence-corrected chi connectivity index (χ2v) is 33.2. The fourth-order valence-corrected chi connectivity index (χ4v) is 15.7. The minimum atomic E-state index is -1.47. The van der Waals surface area contributed by atoms with Crippen LogP contribution in [0.1, 0.15) is 485 Å². The molecule has 1 heterocycles. The number of nitrogens with one attached hydrogen (secondary N) is 2. The number of unbranched alkanes of at least 4 members (excludes halogenated alkanes) is 54. The van der Waals surface area contributed by atoms with Crippen molar-refractivity contribution in [1.29, 1.82) is 0 Å². The molecule has 0 spiro atoms. The Bertz CT molecular complexity index is 2120. The van der Waals surface area contributed by atoms with E-state index in [1.54, 1.807) is 0 Å². The summed E-state index contributed by atoms with van der Waals surface area (Å²) in [6.07, 6.45) is 61.8. The molecular formula is C92H173N2O15P. The Hall–Kier alpha value is -3.24. The predicted octanol–water partition coefficient (Wildman–Crippen LogP) is 25.6. The van der Waals surface area contributed by atoms with Gasteiger partial charge in [-0.05, 0) is 57.8 Å². The van der Waals surface area contributed by atoms with Gasteiger partial charge in [0.1, 0.15) is 36.6 Å². The molecule has 17 nitrogen and oxygen atoms in total. The smallest absolute Gasteiger partial charge is 0.327 e.